The molecular formula is C17H14ClN3OS. The average Bonchev–Trinajstić information content (AvgIpc) is 3.00. The van der Waals surface area contributed by atoms with Crippen molar-refractivity contribution >= 4 is 50.8 Å². The number of halogens is 1. The highest BCUT2D eigenvalue weighted by molar-refractivity contribution is 7.18. The smallest absolute Gasteiger partial charge is 0.243 e. The third-order valence-electron chi connectivity index (χ3n) is 3.47. The monoisotopic (exact) mass is 343 g/mol. The molecule has 0 aliphatic carbocycles. The summed E-state index contributed by atoms with van der Waals surface area (Å²) >= 11 is 7.53. The summed E-state index contributed by atoms with van der Waals surface area (Å²) in [6.45, 7) is 0. The van der Waals surface area contributed by atoms with E-state index in [-0.39, 0.29) is 5.91 Å². The Labute approximate surface area is 142 Å². The normalized spacial score (nSPS) is 11.2. The third-order valence-corrected chi connectivity index (χ3v) is 4.75. The van der Waals surface area contributed by atoms with Gasteiger partial charge in [-0.25, -0.2) is 4.98 Å². The number of nitrogens with zero attached hydrogens (tertiary/aromatic N) is 1. The van der Waals surface area contributed by atoms with Crippen LogP contribution in [0, 0.1) is 0 Å². The zero-order chi connectivity index (χ0) is 16.4. The van der Waals surface area contributed by atoms with Gasteiger partial charge >= 0.3 is 0 Å². The fraction of sp³-hybridized carbons (Fsp3) is 0.0588. The summed E-state index contributed by atoms with van der Waals surface area (Å²) in [4.78, 5) is 15.7. The molecule has 2 heterocycles. The largest absolute Gasteiger partial charge is 0.383 e. The number of likely N-dealkylation sites (N-methyl/N-ethyl adjacent to an activating group) is 1. The van der Waals surface area contributed by atoms with E-state index in [0.717, 1.165) is 26.8 Å². The molecule has 0 saturated carbocycles. The molecule has 116 valence electrons. The van der Waals surface area contributed by atoms with Crippen molar-refractivity contribution in [1.82, 2.24) is 10.3 Å². The lowest BCUT2D eigenvalue weighted by Gasteiger charge is -2.04. The zero-order valence-corrected chi connectivity index (χ0v) is 13.9. The molecule has 2 aromatic heterocycles. The van der Waals surface area contributed by atoms with Crippen molar-refractivity contribution in [3.8, 4) is 11.1 Å². The first-order valence-electron chi connectivity index (χ1n) is 6.91. The van der Waals surface area contributed by atoms with E-state index in [1.165, 1.54) is 6.08 Å². The lowest BCUT2D eigenvalue weighted by molar-refractivity contribution is -0.115. The molecule has 1 amide bonds. The number of amides is 1. The molecule has 0 fully saturated rings. The molecule has 0 radical (unpaired) electrons. The second-order valence-corrected chi connectivity index (χ2v) is 6.22. The molecule has 0 atom stereocenters. The van der Waals surface area contributed by atoms with Crippen LogP contribution in [-0.2, 0) is 4.79 Å². The number of fused-ring (bicyclic) bond motifs is 1. The van der Waals surface area contributed by atoms with Crippen LogP contribution in [0.15, 0.2) is 41.9 Å². The molecule has 0 bridgehead atoms. The standard InChI is InChI=1S/C17H14ClN3OS/c1-20-14(22)7-4-11-8-21-17(19)15-13(9-23-16(11)15)10-2-5-12(18)6-3-10/h2-9H,1H3,(H2,19,21)(H,20,22). The highest BCUT2D eigenvalue weighted by Gasteiger charge is 2.13. The molecule has 4 nitrogen and oxygen atoms in total. The first-order valence-corrected chi connectivity index (χ1v) is 8.17. The molecule has 1 aromatic carbocycles. The lowest BCUT2D eigenvalue weighted by Crippen LogP contribution is -2.13. The first kappa shape index (κ1) is 15.5. The number of benzene rings is 1. The number of aromatic nitrogens is 1. The van der Waals surface area contributed by atoms with Crippen LogP contribution < -0.4 is 11.1 Å². The maximum atomic E-state index is 11.4. The van der Waals surface area contributed by atoms with Crippen LogP contribution in [0.2, 0.25) is 5.02 Å². The molecule has 0 saturated heterocycles. The van der Waals surface area contributed by atoms with E-state index in [2.05, 4.69) is 10.3 Å². The van der Waals surface area contributed by atoms with Gasteiger partial charge in [0.15, 0.2) is 0 Å². The quantitative estimate of drug-likeness (QED) is 0.707. The van der Waals surface area contributed by atoms with Crippen molar-refractivity contribution in [2.75, 3.05) is 12.8 Å². The van der Waals surface area contributed by atoms with E-state index in [4.69, 9.17) is 17.3 Å². The summed E-state index contributed by atoms with van der Waals surface area (Å²) in [7, 11) is 1.59. The summed E-state index contributed by atoms with van der Waals surface area (Å²) in [5.41, 5.74) is 8.99. The van der Waals surface area contributed by atoms with Crippen molar-refractivity contribution in [3.05, 3.63) is 52.5 Å². The molecule has 0 aliphatic heterocycles. The maximum Gasteiger partial charge on any atom is 0.243 e. The predicted molar refractivity (Wildman–Crippen MR) is 97.6 cm³/mol. The van der Waals surface area contributed by atoms with E-state index < -0.39 is 0 Å². The summed E-state index contributed by atoms with van der Waals surface area (Å²) < 4.78 is 1.00. The van der Waals surface area contributed by atoms with Gasteiger partial charge in [-0.1, -0.05) is 23.7 Å². The van der Waals surface area contributed by atoms with Crippen LogP contribution in [0.4, 0.5) is 5.82 Å². The maximum absolute atomic E-state index is 11.4. The number of rotatable bonds is 3. The van der Waals surface area contributed by atoms with E-state index in [0.29, 0.717) is 10.8 Å². The average molecular weight is 344 g/mol. The van der Waals surface area contributed by atoms with Crippen LogP contribution in [0.25, 0.3) is 27.3 Å². The number of hydrogen-bond acceptors (Lipinski definition) is 4. The van der Waals surface area contributed by atoms with Gasteiger partial charge in [-0.2, -0.15) is 0 Å². The van der Waals surface area contributed by atoms with Gasteiger partial charge < -0.3 is 11.1 Å². The van der Waals surface area contributed by atoms with Gasteiger partial charge in [-0.3, -0.25) is 4.79 Å². The number of thiophene rings is 1. The lowest BCUT2D eigenvalue weighted by atomic mass is 10.0. The van der Waals surface area contributed by atoms with Gasteiger partial charge in [0, 0.05) is 45.6 Å². The number of hydrogen-bond donors (Lipinski definition) is 2. The van der Waals surface area contributed by atoms with Crippen LogP contribution in [0.1, 0.15) is 5.56 Å². The number of carbonyl (C=O) groups excluding carboxylic acids is 1. The molecule has 0 unspecified atom stereocenters. The van der Waals surface area contributed by atoms with Crippen molar-refractivity contribution in [1.29, 1.82) is 0 Å². The Bertz CT molecular complexity index is 900. The fourth-order valence-electron chi connectivity index (χ4n) is 2.30. The molecule has 3 rings (SSSR count). The van der Waals surface area contributed by atoms with Crippen molar-refractivity contribution in [2.24, 2.45) is 0 Å². The van der Waals surface area contributed by atoms with E-state index in [1.54, 1.807) is 30.7 Å². The van der Waals surface area contributed by atoms with Crippen molar-refractivity contribution < 1.29 is 4.79 Å². The SMILES string of the molecule is CNC(=O)C=Cc1cnc(N)c2c(-c3ccc(Cl)cc3)csc12. The number of carbonyl (C=O) groups is 1. The second-order valence-electron chi connectivity index (χ2n) is 4.91. The topological polar surface area (TPSA) is 68.0 Å². The molecule has 0 aliphatic rings. The summed E-state index contributed by atoms with van der Waals surface area (Å²) in [5, 5.41) is 6.18. The Balaban J connectivity index is 2.14. The number of nitrogens with two attached hydrogens (primary N) is 1. The molecular weight excluding hydrogens is 330 g/mol. The zero-order valence-electron chi connectivity index (χ0n) is 12.3. The van der Waals surface area contributed by atoms with Crippen LogP contribution in [0.3, 0.4) is 0 Å². The fourth-order valence-corrected chi connectivity index (χ4v) is 3.50. The van der Waals surface area contributed by atoms with Gasteiger partial charge in [-0.15, -0.1) is 11.3 Å². The molecule has 3 aromatic rings. The van der Waals surface area contributed by atoms with E-state index in [9.17, 15) is 4.79 Å². The number of nitrogens with one attached hydrogen (secondary N) is 1. The Morgan fingerprint density at radius 1 is 1.35 bits per heavy atom. The Kier molecular flexibility index (Phi) is 4.32. The minimum atomic E-state index is -0.163. The summed E-state index contributed by atoms with van der Waals surface area (Å²) in [6.07, 6.45) is 4.91. The highest BCUT2D eigenvalue weighted by Crippen LogP contribution is 2.39. The number of nitrogen functional groups attached to an aromatic ring is 1. The molecule has 3 N–H and O–H groups in total. The van der Waals surface area contributed by atoms with Crippen molar-refractivity contribution in [2.45, 2.75) is 0 Å². The molecule has 6 heteroatoms. The van der Waals surface area contributed by atoms with Gasteiger partial charge in [0.05, 0.1) is 0 Å². The van der Waals surface area contributed by atoms with E-state index in [1.807, 2.05) is 29.6 Å². The number of pyridine rings is 1. The third kappa shape index (κ3) is 3.06. The first-order chi connectivity index (χ1) is 11.1. The van der Waals surface area contributed by atoms with Gasteiger partial charge in [0.2, 0.25) is 5.91 Å². The Morgan fingerprint density at radius 3 is 2.78 bits per heavy atom. The predicted octanol–water partition coefficient (Wildman–Crippen LogP) is 3.96. The second kappa shape index (κ2) is 6.40. The number of anilines is 1. The Hall–Kier alpha value is -2.37. The summed E-state index contributed by atoms with van der Waals surface area (Å²) in [6, 6.07) is 7.60. The molecule has 23 heavy (non-hydrogen) atoms. The highest BCUT2D eigenvalue weighted by atomic mass is 35.5. The Morgan fingerprint density at radius 2 is 2.09 bits per heavy atom. The van der Waals surface area contributed by atoms with Gasteiger partial charge in [-0.05, 0) is 29.2 Å². The van der Waals surface area contributed by atoms with Crippen molar-refractivity contribution in [3.63, 3.8) is 0 Å². The molecule has 0 spiro atoms. The van der Waals surface area contributed by atoms with E-state index >= 15 is 0 Å². The minimum Gasteiger partial charge on any atom is -0.383 e. The van der Waals surface area contributed by atoms with Gasteiger partial charge in [0.1, 0.15) is 5.82 Å². The minimum absolute atomic E-state index is 0.163. The van der Waals surface area contributed by atoms with Crippen LogP contribution in [-0.4, -0.2) is 17.9 Å². The summed E-state index contributed by atoms with van der Waals surface area (Å²) in [5.74, 6) is 0.313. The van der Waals surface area contributed by atoms with Crippen LogP contribution in [0.5, 0.6) is 0 Å². The van der Waals surface area contributed by atoms with Gasteiger partial charge in [0.25, 0.3) is 0 Å². The van der Waals surface area contributed by atoms with Crippen LogP contribution >= 0.6 is 22.9 Å².